The van der Waals surface area contributed by atoms with Gasteiger partial charge < -0.3 is 10.6 Å². The van der Waals surface area contributed by atoms with Crippen molar-refractivity contribution in [2.24, 2.45) is 5.92 Å². The molecule has 1 saturated carbocycles. The molecule has 6 nitrogen and oxygen atoms in total. The van der Waals surface area contributed by atoms with Crippen molar-refractivity contribution in [1.29, 1.82) is 0 Å². The van der Waals surface area contributed by atoms with Crippen molar-refractivity contribution in [3.05, 3.63) is 54.9 Å². The van der Waals surface area contributed by atoms with Gasteiger partial charge in [0, 0.05) is 29.7 Å². The van der Waals surface area contributed by atoms with Gasteiger partial charge >= 0.3 is 0 Å². The summed E-state index contributed by atoms with van der Waals surface area (Å²) in [6.07, 6.45) is 8.28. The average molecular weight is 360 g/mol. The van der Waals surface area contributed by atoms with Gasteiger partial charge in [-0.3, -0.25) is 4.98 Å². The van der Waals surface area contributed by atoms with E-state index in [1.807, 2.05) is 42.5 Å². The van der Waals surface area contributed by atoms with Crippen LogP contribution in [0.4, 0.5) is 17.6 Å². The van der Waals surface area contributed by atoms with Gasteiger partial charge in [-0.15, -0.1) is 0 Å². The quantitative estimate of drug-likeness (QED) is 0.689. The zero-order valence-electron chi connectivity index (χ0n) is 15.5. The first-order valence-corrected chi connectivity index (χ1v) is 9.51. The minimum atomic E-state index is 0.418. The molecule has 0 spiro atoms. The van der Waals surface area contributed by atoms with E-state index in [0.29, 0.717) is 23.8 Å². The van der Waals surface area contributed by atoms with E-state index in [1.165, 1.54) is 12.8 Å². The number of benzene rings is 1. The van der Waals surface area contributed by atoms with E-state index in [1.54, 1.807) is 12.4 Å². The molecular weight excluding hydrogens is 336 g/mol. The molecule has 6 heteroatoms. The number of hydrogen-bond donors (Lipinski definition) is 2. The molecule has 2 N–H and O–H groups in total. The lowest BCUT2D eigenvalue weighted by atomic mass is 9.87. The Hall–Kier alpha value is -3.02. The third-order valence-electron chi connectivity index (χ3n) is 4.95. The summed E-state index contributed by atoms with van der Waals surface area (Å²) in [6.45, 7) is 2.32. The van der Waals surface area contributed by atoms with Crippen molar-refractivity contribution >= 4 is 17.6 Å². The van der Waals surface area contributed by atoms with Gasteiger partial charge in [0.2, 0.25) is 11.9 Å². The Kier molecular flexibility index (Phi) is 5.23. The number of nitrogens with one attached hydrogen (secondary N) is 2. The highest BCUT2D eigenvalue weighted by Gasteiger charge is 2.19. The molecular formula is C21H24N6. The van der Waals surface area contributed by atoms with Crippen LogP contribution in [0.3, 0.4) is 0 Å². The second-order valence-corrected chi connectivity index (χ2v) is 7.13. The van der Waals surface area contributed by atoms with E-state index >= 15 is 0 Å². The summed E-state index contributed by atoms with van der Waals surface area (Å²) in [6, 6.07) is 14.2. The van der Waals surface area contributed by atoms with Gasteiger partial charge in [0.05, 0.1) is 0 Å². The highest BCUT2D eigenvalue weighted by molar-refractivity contribution is 5.60. The molecule has 138 valence electrons. The van der Waals surface area contributed by atoms with Gasteiger partial charge in [-0.2, -0.15) is 15.0 Å². The van der Waals surface area contributed by atoms with E-state index in [4.69, 9.17) is 0 Å². The Balaban J connectivity index is 1.62. The molecule has 2 heterocycles. The van der Waals surface area contributed by atoms with Crippen LogP contribution < -0.4 is 10.6 Å². The summed E-state index contributed by atoms with van der Waals surface area (Å²) in [4.78, 5) is 17.9. The summed E-state index contributed by atoms with van der Waals surface area (Å²) >= 11 is 0. The summed E-state index contributed by atoms with van der Waals surface area (Å²) < 4.78 is 0. The number of nitrogens with zero attached hydrogens (tertiary/aromatic N) is 4. The lowest BCUT2D eigenvalue weighted by Gasteiger charge is -2.27. The van der Waals surface area contributed by atoms with E-state index in [-0.39, 0.29) is 0 Å². The van der Waals surface area contributed by atoms with Crippen molar-refractivity contribution in [2.45, 2.75) is 38.6 Å². The first kappa shape index (κ1) is 17.4. The Morgan fingerprint density at radius 3 is 2.26 bits per heavy atom. The van der Waals surface area contributed by atoms with E-state index in [9.17, 15) is 0 Å². The Bertz CT molecular complexity index is 860. The molecule has 0 bridgehead atoms. The molecule has 1 aliphatic rings. The Labute approximate surface area is 159 Å². The zero-order valence-corrected chi connectivity index (χ0v) is 15.5. The van der Waals surface area contributed by atoms with Gasteiger partial charge in [0.1, 0.15) is 0 Å². The molecule has 1 aromatic carbocycles. The van der Waals surface area contributed by atoms with Crippen molar-refractivity contribution in [2.75, 3.05) is 10.6 Å². The molecule has 1 fully saturated rings. The molecule has 27 heavy (non-hydrogen) atoms. The van der Waals surface area contributed by atoms with E-state index in [0.717, 1.165) is 30.0 Å². The normalized spacial score (nSPS) is 19.4. The fraction of sp³-hybridized carbons (Fsp3) is 0.333. The Morgan fingerprint density at radius 2 is 1.52 bits per heavy atom. The molecule has 0 atom stereocenters. The third kappa shape index (κ3) is 4.58. The van der Waals surface area contributed by atoms with Crippen LogP contribution >= 0.6 is 0 Å². The maximum atomic E-state index is 4.67. The number of hydrogen-bond acceptors (Lipinski definition) is 6. The predicted octanol–water partition coefficient (Wildman–Crippen LogP) is 4.67. The van der Waals surface area contributed by atoms with E-state index in [2.05, 4.69) is 37.5 Å². The number of anilines is 3. The average Bonchev–Trinajstić information content (AvgIpc) is 2.71. The van der Waals surface area contributed by atoms with Crippen LogP contribution in [0.25, 0.3) is 11.4 Å². The smallest absolute Gasteiger partial charge is 0.232 e. The summed E-state index contributed by atoms with van der Waals surface area (Å²) in [5.74, 6) is 2.63. The van der Waals surface area contributed by atoms with Gasteiger partial charge in [0.25, 0.3) is 0 Å². The molecule has 0 saturated heterocycles. The van der Waals surface area contributed by atoms with Crippen molar-refractivity contribution in [3.8, 4) is 11.4 Å². The highest BCUT2D eigenvalue weighted by Crippen LogP contribution is 2.26. The maximum absolute atomic E-state index is 4.67. The Morgan fingerprint density at radius 1 is 0.815 bits per heavy atom. The lowest BCUT2D eigenvalue weighted by Crippen LogP contribution is -2.26. The standard InChI is InChI=1S/C21H24N6/c1-15-7-9-17(10-8-15)23-20-25-19(16-5-3-2-4-6-16)26-21(27-20)24-18-11-13-22-14-12-18/h2-6,11-15,17H,7-10H2,1H3,(H2,22,23,24,25,26,27). The zero-order chi connectivity index (χ0) is 18.5. The third-order valence-corrected chi connectivity index (χ3v) is 4.95. The molecule has 0 aliphatic heterocycles. The van der Waals surface area contributed by atoms with Crippen molar-refractivity contribution in [3.63, 3.8) is 0 Å². The number of pyridine rings is 1. The lowest BCUT2D eigenvalue weighted by molar-refractivity contribution is 0.360. The van der Waals surface area contributed by atoms with Gasteiger partial charge in [0.15, 0.2) is 5.82 Å². The van der Waals surface area contributed by atoms with Gasteiger partial charge in [-0.25, -0.2) is 0 Å². The van der Waals surface area contributed by atoms with Crippen LogP contribution in [0.15, 0.2) is 54.9 Å². The second-order valence-electron chi connectivity index (χ2n) is 7.13. The molecule has 2 aromatic heterocycles. The second kappa shape index (κ2) is 8.12. The topological polar surface area (TPSA) is 75.6 Å². The molecule has 1 aliphatic carbocycles. The highest BCUT2D eigenvalue weighted by atomic mass is 15.2. The fourth-order valence-electron chi connectivity index (χ4n) is 3.36. The van der Waals surface area contributed by atoms with Crippen LogP contribution in [0.1, 0.15) is 32.6 Å². The predicted molar refractivity (Wildman–Crippen MR) is 108 cm³/mol. The van der Waals surface area contributed by atoms with Crippen LogP contribution in [-0.2, 0) is 0 Å². The van der Waals surface area contributed by atoms with Gasteiger partial charge in [-0.1, -0.05) is 37.3 Å². The minimum absolute atomic E-state index is 0.418. The SMILES string of the molecule is CC1CCC(Nc2nc(Nc3ccncc3)nc(-c3ccccc3)n2)CC1. The van der Waals surface area contributed by atoms with Gasteiger partial charge in [-0.05, 0) is 43.7 Å². The van der Waals surface area contributed by atoms with Crippen molar-refractivity contribution in [1.82, 2.24) is 19.9 Å². The molecule has 0 radical (unpaired) electrons. The maximum Gasteiger partial charge on any atom is 0.232 e. The van der Waals surface area contributed by atoms with E-state index < -0.39 is 0 Å². The molecule has 4 rings (SSSR count). The number of rotatable bonds is 5. The number of aromatic nitrogens is 4. The summed E-state index contributed by atoms with van der Waals surface area (Å²) in [5, 5.41) is 6.78. The van der Waals surface area contributed by atoms with Crippen LogP contribution in [0, 0.1) is 5.92 Å². The fourth-order valence-corrected chi connectivity index (χ4v) is 3.36. The monoisotopic (exact) mass is 360 g/mol. The largest absolute Gasteiger partial charge is 0.351 e. The van der Waals surface area contributed by atoms with Crippen molar-refractivity contribution < 1.29 is 0 Å². The molecule has 3 aromatic rings. The molecule has 0 amide bonds. The minimum Gasteiger partial charge on any atom is -0.351 e. The summed E-state index contributed by atoms with van der Waals surface area (Å²) in [5.41, 5.74) is 1.87. The van der Waals surface area contributed by atoms with Crippen LogP contribution in [-0.4, -0.2) is 26.0 Å². The van der Waals surface area contributed by atoms with Crippen LogP contribution in [0.5, 0.6) is 0 Å². The summed E-state index contributed by atoms with van der Waals surface area (Å²) in [7, 11) is 0. The van der Waals surface area contributed by atoms with Crippen LogP contribution in [0.2, 0.25) is 0 Å². The first-order chi connectivity index (χ1) is 13.3. The first-order valence-electron chi connectivity index (χ1n) is 9.51. The molecule has 0 unspecified atom stereocenters.